The van der Waals surface area contributed by atoms with E-state index in [4.69, 9.17) is 11.6 Å². The second kappa shape index (κ2) is 7.19. The Morgan fingerprint density at radius 3 is 2.71 bits per heavy atom. The van der Waals surface area contributed by atoms with Crippen LogP contribution in [0.15, 0.2) is 41.7 Å². The fourth-order valence-electron chi connectivity index (χ4n) is 2.06. The van der Waals surface area contributed by atoms with Crippen molar-refractivity contribution in [3.8, 4) is 0 Å². The molecule has 3 aromatic rings. The van der Waals surface area contributed by atoms with E-state index in [9.17, 15) is 4.39 Å². The number of thioether (sulfide) groups is 1. The predicted octanol–water partition coefficient (Wildman–Crippen LogP) is 4.90. The molecule has 0 amide bonds. The molecular weight excluding hydrogens is 349 g/mol. The smallest absolute Gasteiger partial charge is 0.190 e. The van der Waals surface area contributed by atoms with Gasteiger partial charge in [-0.1, -0.05) is 35.5 Å². The van der Waals surface area contributed by atoms with Crippen LogP contribution in [0.4, 0.5) is 16.0 Å². The van der Waals surface area contributed by atoms with Gasteiger partial charge in [-0.2, -0.15) is 5.10 Å². The third kappa shape index (κ3) is 4.04. The molecule has 0 aliphatic rings. The summed E-state index contributed by atoms with van der Waals surface area (Å²) in [5.74, 6) is 0.877. The molecule has 0 aliphatic carbocycles. The first-order valence-electron chi connectivity index (χ1n) is 7.25. The van der Waals surface area contributed by atoms with Crippen molar-refractivity contribution >= 4 is 35.0 Å². The Bertz CT molecular complexity index is 837. The van der Waals surface area contributed by atoms with Crippen LogP contribution < -0.4 is 5.32 Å². The van der Waals surface area contributed by atoms with Gasteiger partial charge in [0.25, 0.3) is 0 Å². The zero-order valence-corrected chi connectivity index (χ0v) is 14.6. The van der Waals surface area contributed by atoms with Crippen LogP contribution in [-0.4, -0.2) is 20.2 Å². The molecule has 5 nitrogen and oxygen atoms in total. The van der Waals surface area contributed by atoms with Crippen molar-refractivity contribution in [3.05, 3.63) is 58.6 Å². The lowest BCUT2D eigenvalue weighted by Crippen LogP contribution is -1.99. The minimum Gasteiger partial charge on any atom is -0.322 e. The molecule has 8 heteroatoms. The molecule has 0 saturated heterocycles. The van der Waals surface area contributed by atoms with Crippen LogP contribution in [0, 0.1) is 12.7 Å². The van der Waals surface area contributed by atoms with Gasteiger partial charge in [0.1, 0.15) is 10.8 Å². The fourth-order valence-corrected chi connectivity index (χ4v) is 3.06. The molecule has 2 N–H and O–H groups in total. The number of benzene rings is 1. The molecule has 24 heavy (non-hydrogen) atoms. The molecule has 2 heterocycles. The van der Waals surface area contributed by atoms with Gasteiger partial charge < -0.3 is 5.32 Å². The van der Waals surface area contributed by atoms with Crippen molar-refractivity contribution < 1.29 is 4.39 Å². The van der Waals surface area contributed by atoms with Crippen molar-refractivity contribution in [1.29, 1.82) is 0 Å². The van der Waals surface area contributed by atoms with E-state index in [-0.39, 0.29) is 11.1 Å². The van der Waals surface area contributed by atoms with Gasteiger partial charge >= 0.3 is 0 Å². The third-order valence-electron chi connectivity index (χ3n) is 3.30. The number of nitrogens with one attached hydrogen (secondary N) is 2. The van der Waals surface area contributed by atoms with Gasteiger partial charge in [-0.25, -0.2) is 14.4 Å². The van der Waals surface area contributed by atoms with E-state index in [0.29, 0.717) is 21.8 Å². The summed E-state index contributed by atoms with van der Waals surface area (Å²) in [7, 11) is 0. The maximum atomic E-state index is 13.0. The molecule has 3 rings (SSSR count). The van der Waals surface area contributed by atoms with Crippen LogP contribution >= 0.6 is 23.4 Å². The summed E-state index contributed by atoms with van der Waals surface area (Å²) >= 11 is 7.62. The minimum absolute atomic E-state index is 0.0762. The largest absolute Gasteiger partial charge is 0.322 e. The van der Waals surface area contributed by atoms with E-state index >= 15 is 0 Å². The average molecular weight is 364 g/mol. The van der Waals surface area contributed by atoms with Gasteiger partial charge in [0.2, 0.25) is 0 Å². The lowest BCUT2D eigenvalue weighted by molar-refractivity contribution is 0.627. The first-order chi connectivity index (χ1) is 11.5. The molecule has 1 aromatic carbocycles. The Morgan fingerprint density at radius 1 is 1.29 bits per heavy atom. The molecule has 0 bridgehead atoms. The molecule has 0 saturated carbocycles. The van der Waals surface area contributed by atoms with Crippen molar-refractivity contribution in [3.63, 3.8) is 0 Å². The number of halogens is 2. The normalized spacial score (nSPS) is 12.2. The van der Waals surface area contributed by atoms with E-state index < -0.39 is 0 Å². The number of aromatic amines is 1. The van der Waals surface area contributed by atoms with E-state index in [1.165, 1.54) is 23.9 Å². The number of hydrogen-bond donors (Lipinski definition) is 2. The third-order valence-corrected chi connectivity index (χ3v) is 4.61. The number of nitrogens with zero attached hydrogens (tertiary/aromatic N) is 3. The highest BCUT2D eigenvalue weighted by atomic mass is 35.5. The number of rotatable bonds is 5. The summed E-state index contributed by atoms with van der Waals surface area (Å²) in [5, 5.41) is 11.1. The molecule has 0 spiro atoms. The van der Waals surface area contributed by atoms with E-state index in [1.807, 2.05) is 19.9 Å². The Morgan fingerprint density at radius 2 is 2.04 bits per heavy atom. The highest BCUT2D eigenvalue weighted by molar-refractivity contribution is 7.99. The second-order valence-corrected chi connectivity index (χ2v) is 6.94. The van der Waals surface area contributed by atoms with Crippen LogP contribution in [0.5, 0.6) is 0 Å². The number of hydrogen-bond acceptors (Lipinski definition) is 5. The topological polar surface area (TPSA) is 66.5 Å². The van der Waals surface area contributed by atoms with Gasteiger partial charge in [0, 0.05) is 17.0 Å². The van der Waals surface area contributed by atoms with Crippen molar-refractivity contribution in [2.75, 3.05) is 5.32 Å². The lowest BCUT2D eigenvalue weighted by Gasteiger charge is -2.12. The van der Waals surface area contributed by atoms with E-state index in [2.05, 4.69) is 25.5 Å². The Balaban J connectivity index is 1.76. The lowest BCUT2D eigenvalue weighted by atomic mass is 10.2. The second-order valence-electron chi connectivity index (χ2n) is 5.22. The number of H-pyrrole nitrogens is 1. The molecular formula is C16H15ClFN5S. The minimum atomic E-state index is -0.250. The van der Waals surface area contributed by atoms with Crippen molar-refractivity contribution in [2.24, 2.45) is 0 Å². The maximum absolute atomic E-state index is 13.0. The van der Waals surface area contributed by atoms with Crippen molar-refractivity contribution in [1.82, 2.24) is 20.2 Å². The Labute approximate surface area is 148 Å². The summed E-state index contributed by atoms with van der Waals surface area (Å²) in [6.45, 7) is 3.92. The fraction of sp³-hybridized carbons (Fsp3) is 0.188. The monoisotopic (exact) mass is 363 g/mol. The molecule has 1 atom stereocenters. The number of aromatic nitrogens is 4. The number of aryl methyl sites for hydroxylation is 1. The molecule has 2 aromatic heterocycles. The highest BCUT2D eigenvalue weighted by Gasteiger charge is 2.13. The van der Waals surface area contributed by atoms with Gasteiger partial charge in [-0.05, 0) is 31.5 Å². The van der Waals surface area contributed by atoms with E-state index in [1.54, 1.807) is 18.3 Å². The zero-order chi connectivity index (χ0) is 17.1. The molecule has 0 aliphatic heterocycles. The van der Waals surface area contributed by atoms with Gasteiger partial charge in [0.15, 0.2) is 16.8 Å². The van der Waals surface area contributed by atoms with Crippen LogP contribution in [0.2, 0.25) is 5.02 Å². The molecule has 0 radical (unpaired) electrons. The summed E-state index contributed by atoms with van der Waals surface area (Å²) in [6, 6.07) is 8.26. The Kier molecular flexibility index (Phi) is 5.01. The maximum Gasteiger partial charge on any atom is 0.190 e. The zero-order valence-electron chi connectivity index (χ0n) is 13.0. The molecule has 124 valence electrons. The van der Waals surface area contributed by atoms with Crippen LogP contribution in [0.3, 0.4) is 0 Å². The molecule has 1 unspecified atom stereocenters. The quantitative estimate of drug-likeness (QED) is 0.498. The van der Waals surface area contributed by atoms with Crippen LogP contribution in [0.25, 0.3) is 0 Å². The van der Waals surface area contributed by atoms with Crippen LogP contribution in [-0.2, 0) is 0 Å². The number of anilines is 2. The predicted molar refractivity (Wildman–Crippen MR) is 94.3 cm³/mol. The SMILES string of the molecule is Cc1cc(Nc2nc(SC(C)c3ccc(F)cc3)ncc2Cl)n[nH]1. The first kappa shape index (κ1) is 16.7. The standard InChI is InChI=1S/C16H15ClFN5S/c1-9-7-14(23-22-9)20-15-13(17)8-19-16(21-15)24-10(2)11-3-5-12(18)6-4-11/h3-8,10H,1-2H3,(H2,19,20,21,22,23). The highest BCUT2D eigenvalue weighted by Crippen LogP contribution is 2.34. The van der Waals surface area contributed by atoms with Gasteiger partial charge in [-0.3, -0.25) is 5.10 Å². The summed E-state index contributed by atoms with van der Waals surface area (Å²) in [6.07, 6.45) is 1.55. The average Bonchev–Trinajstić information content (AvgIpc) is 2.96. The summed E-state index contributed by atoms with van der Waals surface area (Å²) in [4.78, 5) is 8.69. The summed E-state index contributed by atoms with van der Waals surface area (Å²) in [5.41, 5.74) is 1.93. The summed E-state index contributed by atoms with van der Waals surface area (Å²) < 4.78 is 13.0. The van der Waals surface area contributed by atoms with Crippen LogP contribution in [0.1, 0.15) is 23.4 Å². The van der Waals surface area contributed by atoms with Crippen molar-refractivity contribution in [2.45, 2.75) is 24.3 Å². The van der Waals surface area contributed by atoms with Gasteiger partial charge in [-0.15, -0.1) is 0 Å². The van der Waals surface area contributed by atoms with E-state index in [0.717, 1.165) is 11.3 Å². The molecule has 0 fully saturated rings. The Hall–Kier alpha value is -2.12. The van der Waals surface area contributed by atoms with Gasteiger partial charge in [0.05, 0.1) is 6.20 Å². The first-order valence-corrected chi connectivity index (χ1v) is 8.51.